The fourth-order valence-electron chi connectivity index (χ4n) is 2.15. The van der Waals surface area contributed by atoms with Crippen LogP contribution in [0.4, 0.5) is 0 Å². The van der Waals surface area contributed by atoms with Crippen molar-refractivity contribution in [1.29, 1.82) is 0 Å². The Bertz CT molecular complexity index is 477. The fraction of sp³-hybridized carbons (Fsp3) is 0.333. The maximum atomic E-state index is 10.3. The zero-order valence-corrected chi connectivity index (χ0v) is 11.4. The molecule has 2 rings (SSSR count). The summed E-state index contributed by atoms with van der Waals surface area (Å²) >= 11 is 0. The molecule has 0 radical (unpaired) electrons. The van der Waals surface area contributed by atoms with Gasteiger partial charge < -0.3 is 4.90 Å². The van der Waals surface area contributed by atoms with Crippen LogP contribution in [0.1, 0.15) is 5.56 Å². The van der Waals surface area contributed by atoms with Gasteiger partial charge >= 0.3 is 0 Å². The average Bonchev–Trinajstić information content (AvgIpc) is 2.47. The summed E-state index contributed by atoms with van der Waals surface area (Å²) < 4.78 is 0. The number of hydrogen-bond donors (Lipinski definition) is 0. The van der Waals surface area contributed by atoms with E-state index in [2.05, 4.69) is 29.2 Å². The molecule has 20 heavy (non-hydrogen) atoms. The molecule has 0 atom stereocenters. The molecule has 1 aliphatic heterocycles. The number of hydrogen-bond acceptors (Lipinski definition) is 4. The van der Waals surface area contributed by atoms with Gasteiger partial charge in [-0.05, 0) is 5.56 Å². The van der Waals surface area contributed by atoms with Crippen molar-refractivity contribution in [1.82, 2.24) is 9.80 Å². The monoisotopic (exact) mass is 273 g/mol. The summed E-state index contributed by atoms with van der Waals surface area (Å²) in [4.78, 5) is 14.2. The Morgan fingerprint density at radius 2 is 1.85 bits per heavy atom. The van der Waals surface area contributed by atoms with Crippen molar-refractivity contribution in [3.8, 4) is 0 Å². The SMILES string of the molecule is O=[N+]([O-])/C=C/N1CCN(C/C=C/c2ccccc2)CC1. The van der Waals surface area contributed by atoms with Gasteiger partial charge in [0.2, 0.25) is 6.20 Å². The number of rotatable bonds is 5. The van der Waals surface area contributed by atoms with Crippen molar-refractivity contribution in [3.63, 3.8) is 0 Å². The highest BCUT2D eigenvalue weighted by atomic mass is 16.6. The van der Waals surface area contributed by atoms with E-state index in [1.807, 2.05) is 23.1 Å². The highest BCUT2D eigenvalue weighted by Gasteiger charge is 2.13. The molecule has 0 N–H and O–H groups in total. The zero-order chi connectivity index (χ0) is 14.2. The Morgan fingerprint density at radius 3 is 2.50 bits per heavy atom. The molecule has 0 aromatic heterocycles. The predicted molar refractivity (Wildman–Crippen MR) is 79.6 cm³/mol. The van der Waals surface area contributed by atoms with Gasteiger partial charge in [0.15, 0.2) is 0 Å². The number of nitro groups is 1. The van der Waals surface area contributed by atoms with E-state index < -0.39 is 4.92 Å². The van der Waals surface area contributed by atoms with Gasteiger partial charge in [0.1, 0.15) is 0 Å². The van der Waals surface area contributed by atoms with Crippen LogP contribution < -0.4 is 0 Å². The van der Waals surface area contributed by atoms with Gasteiger partial charge in [0.25, 0.3) is 0 Å². The van der Waals surface area contributed by atoms with E-state index in [0.29, 0.717) is 0 Å². The van der Waals surface area contributed by atoms with Crippen LogP contribution in [-0.2, 0) is 0 Å². The average molecular weight is 273 g/mol. The van der Waals surface area contributed by atoms with E-state index >= 15 is 0 Å². The van der Waals surface area contributed by atoms with E-state index in [-0.39, 0.29) is 0 Å². The molecular formula is C15H19N3O2. The first-order valence-electron chi connectivity index (χ1n) is 6.74. The van der Waals surface area contributed by atoms with Crippen molar-refractivity contribution < 1.29 is 4.92 Å². The molecule has 106 valence electrons. The summed E-state index contributed by atoms with van der Waals surface area (Å²) in [6, 6.07) is 10.2. The van der Waals surface area contributed by atoms with E-state index in [9.17, 15) is 10.1 Å². The molecule has 1 heterocycles. The van der Waals surface area contributed by atoms with Crippen LogP contribution in [0.3, 0.4) is 0 Å². The number of piperazine rings is 1. The quantitative estimate of drug-likeness (QED) is 0.608. The van der Waals surface area contributed by atoms with Crippen LogP contribution in [0.5, 0.6) is 0 Å². The first kappa shape index (κ1) is 14.3. The van der Waals surface area contributed by atoms with Gasteiger partial charge in [-0.1, -0.05) is 42.5 Å². The highest BCUT2D eigenvalue weighted by Crippen LogP contribution is 2.04. The van der Waals surface area contributed by atoms with Gasteiger partial charge in [0.05, 0.1) is 11.1 Å². The molecule has 1 aliphatic rings. The van der Waals surface area contributed by atoms with Gasteiger partial charge in [0, 0.05) is 32.7 Å². The van der Waals surface area contributed by atoms with Crippen LogP contribution in [0.2, 0.25) is 0 Å². The molecule has 0 saturated carbocycles. The molecular weight excluding hydrogens is 254 g/mol. The molecule has 1 saturated heterocycles. The zero-order valence-electron chi connectivity index (χ0n) is 11.4. The van der Waals surface area contributed by atoms with Crippen LogP contribution in [0, 0.1) is 10.1 Å². The smallest absolute Gasteiger partial charge is 0.250 e. The third-order valence-electron chi connectivity index (χ3n) is 3.28. The largest absolute Gasteiger partial charge is 0.370 e. The molecule has 0 aliphatic carbocycles. The second-order valence-electron chi connectivity index (χ2n) is 4.73. The second-order valence-corrected chi connectivity index (χ2v) is 4.73. The number of nitrogens with zero attached hydrogens (tertiary/aromatic N) is 3. The Morgan fingerprint density at radius 1 is 1.15 bits per heavy atom. The Labute approximate surface area is 119 Å². The summed E-state index contributed by atoms with van der Waals surface area (Å²) in [5.74, 6) is 0. The van der Waals surface area contributed by atoms with E-state index in [4.69, 9.17) is 0 Å². The molecule has 0 bridgehead atoms. The molecule has 5 nitrogen and oxygen atoms in total. The minimum absolute atomic E-state index is 0.422. The lowest BCUT2D eigenvalue weighted by Gasteiger charge is -2.32. The summed E-state index contributed by atoms with van der Waals surface area (Å²) in [5, 5.41) is 10.3. The van der Waals surface area contributed by atoms with E-state index in [1.165, 1.54) is 5.56 Å². The van der Waals surface area contributed by atoms with Crippen molar-refractivity contribution in [2.75, 3.05) is 32.7 Å². The lowest BCUT2D eigenvalue weighted by Crippen LogP contribution is -2.43. The molecule has 0 unspecified atom stereocenters. The molecule has 0 amide bonds. The van der Waals surface area contributed by atoms with E-state index in [1.54, 1.807) is 6.20 Å². The van der Waals surface area contributed by atoms with Gasteiger partial charge in [-0.2, -0.15) is 0 Å². The van der Waals surface area contributed by atoms with E-state index in [0.717, 1.165) is 38.9 Å². The van der Waals surface area contributed by atoms with Crippen molar-refractivity contribution in [3.05, 3.63) is 64.5 Å². The Balaban J connectivity index is 1.72. The van der Waals surface area contributed by atoms with Crippen molar-refractivity contribution in [2.45, 2.75) is 0 Å². The molecule has 1 fully saturated rings. The van der Waals surface area contributed by atoms with Crippen LogP contribution >= 0.6 is 0 Å². The molecule has 1 aromatic rings. The number of benzene rings is 1. The van der Waals surface area contributed by atoms with Crippen molar-refractivity contribution >= 4 is 6.08 Å². The van der Waals surface area contributed by atoms with Gasteiger partial charge in [-0.3, -0.25) is 15.0 Å². The van der Waals surface area contributed by atoms with Crippen LogP contribution in [0.25, 0.3) is 6.08 Å². The lowest BCUT2D eigenvalue weighted by molar-refractivity contribution is -0.403. The maximum Gasteiger partial charge on any atom is 0.250 e. The second kappa shape index (κ2) is 7.45. The van der Waals surface area contributed by atoms with Gasteiger partial charge in [-0.15, -0.1) is 0 Å². The minimum atomic E-state index is -0.422. The first-order chi connectivity index (χ1) is 9.74. The van der Waals surface area contributed by atoms with Crippen LogP contribution in [-0.4, -0.2) is 47.4 Å². The van der Waals surface area contributed by atoms with Crippen LogP contribution in [0.15, 0.2) is 48.8 Å². The topological polar surface area (TPSA) is 49.6 Å². The molecule has 5 heteroatoms. The van der Waals surface area contributed by atoms with Gasteiger partial charge in [-0.25, -0.2) is 0 Å². The third-order valence-corrected chi connectivity index (χ3v) is 3.28. The third kappa shape index (κ3) is 4.85. The molecule has 1 aromatic carbocycles. The summed E-state index contributed by atoms with van der Waals surface area (Å²) in [6.07, 6.45) is 6.86. The Kier molecular flexibility index (Phi) is 5.32. The maximum absolute atomic E-state index is 10.3. The summed E-state index contributed by atoms with van der Waals surface area (Å²) in [6.45, 7) is 4.46. The fourth-order valence-corrected chi connectivity index (χ4v) is 2.15. The summed E-state index contributed by atoms with van der Waals surface area (Å²) in [5.41, 5.74) is 1.21. The first-order valence-corrected chi connectivity index (χ1v) is 6.74. The summed E-state index contributed by atoms with van der Waals surface area (Å²) in [7, 11) is 0. The highest BCUT2D eigenvalue weighted by molar-refractivity contribution is 5.48. The Hall–Kier alpha value is -2.14. The predicted octanol–water partition coefficient (Wildman–Crippen LogP) is 2.07. The standard InChI is InChI=1S/C15H19N3O2/c19-18(20)14-13-17-11-9-16(10-12-17)8-4-7-15-5-2-1-3-6-15/h1-7,13-14H,8-12H2/b7-4+,14-13+. The molecule has 0 spiro atoms. The van der Waals surface area contributed by atoms with Crippen molar-refractivity contribution in [2.24, 2.45) is 0 Å². The lowest BCUT2D eigenvalue weighted by atomic mass is 10.2. The minimum Gasteiger partial charge on any atom is -0.370 e. The normalized spacial score (nSPS) is 17.1.